The standard InChI is InChI=1S/C24H16BrF3N2O4/c1-2-33-22-12-15(10-17(14-29)16-6-4-3-5-7-16)11-19(25)23(22)34-21-9-8-18(24(26,27)28)13-20(21)30(31)32/h3-13H,2H2,1H3/b17-10+. The largest absolute Gasteiger partial charge is 0.490 e. The number of alkyl halides is 3. The van der Waals surface area contributed by atoms with Gasteiger partial charge in [-0.15, -0.1) is 0 Å². The Morgan fingerprint density at radius 3 is 2.44 bits per heavy atom. The summed E-state index contributed by atoms with van der Waals surface area (Å²) in [6.45, 7) is 1.93. The molecule has 0 saturated heterocycles. The Kier molecular flexibility index (Phi) is 7.58. The van der Waals surface area contributed by atoms with Gasteiger partial charge in [0.05, 0.1) is 33.2 Å². The highest BCUT2D eigenvalue weighted by Crippen LogP contribution is 2.44. The molecular formula is C24H16BrF3N2O4. The number of nitro groups is 1. The van der Waals surface area contributed by atoms with Crippen LogP contribution in [0.5, 0.6) is 17.2 Å². The van der Waals surface area contributed by atoms with E-state index in [9.17, 15) is 28.5 Å². The highest BCUT2D eigenvalue weighted by Gasteiger charge is 2.33. The van der Waals surface area contributed by atoms with Crippen molar-refractivity contribution in [1.29, 1.82) is 5.26 Å². The predicted octanol–water partition coefficient (Wildman–Crippen LogP) is 7.63. The number of halogens is 4. The molecule has 34 heavy (non-hydrogen) atoms. The fourth-order valence-corrected chi connectivity index (χ4v) is 3.57. The first-order valence-electron chi connectivity index (χ1n) is 9.81. The molecule has 0 bridgehead atoms. The molecule has 0 saturated carbocycles. The number of benzene rings is 3. The van der Waals surface area contributed by atoms with Gasteiger partial charge in [-0.3, -0.25) is 10.1 Å². The van der Waals surface area contributed by atoms with Gasteiger partial charge >= 0.3 is 11.9 Å². The number of nitrogens with zero attached hydrogens (tertiary/aromatic N) is 2. The van der Waals surface area contributed by atoms with E-state index in [0.29, 0.717) is 33.3 Å². The minimum Gasteiger partial charge on any atom is -0.490 e. The lowest BCUT2D eigenvalue weighted by molar-refractivity contribution is -0.385. The Balaban J connectivity index is 2.06. The zero-order valence-electron chi connectivity index (χ0n) is 17.6. The summed E-state index contributed by atoms with van der Waals surface area (Å²) in [5.41, 5.74) is -0.336. The molecule has 0 aromatic heterocycles. The number of ether oxygens (including phenoxy) is 2. The SMILES string of the molecule is CCOc1cc(/C=C(\C#N)c2ccccc2)cc(Br)c1Oc1ccc(C(F)(F)F)cc1[N+](=O)[O-]. The van der Waals surface area contributed by atoms with Gasteiger partial charge in [-0.2, -0.15) is 18.4 Å². The van der Waals surface area contributed by atoms with Gasteiger partial charge in [-0.25, -0.2) is 0 Å². The topological polar surface area (TPSA) is 85.4 Å². The van der Waals surface area contributed by atoms with E-state index in [1.54, 1.807) is 49.4 Å². The summed E-state index contributed by atoms with van der Waals surface area (Å²) in [4.78, 5) is 10.5. The molecule has 3 aromatic rings. The molecule has 3 rings (SSSR count). The summed E-state index contributed by atoms with van der Waals surface area (Å²) in [7, 11) is 0. The first-order chi connectivity index (χ1) is 16.1. The van der Waals surface area contributed by atoms with Gasteiger partial charge in [0, 0.05) is 6.07 Å². The smallest absolute Gasteiger partial charge is 0.416 e. The van der Waals surface area contributed by atoms with Crippen molar-refractivity contribution >= 4 is 33.3 Å². The molecule has 0 radical (unpaired) electrons. The van der Waals surface area contributed by atoms with Crippen LogP contribution >= 0.6 is 15.9 Å². The molecule has 0 spiro atoms. The average Bonchev–Trinajstić information content (AvgIpc) is 2.79. The van der Waals surface area contributed by atoms with Crippen LogP contribution in [0.1, 0.15) is 23.6 Å². The average molecular weight is 533 g/mol. The van der Waals surface area contributed by atoms with Gasteiger partial charge in [0.25, 0.3) is 0 Å². The minimum atomic E-state index is -4.74. The molecule has 0 unspecified atom stereocenters. The first kappa shape index (κ1) is 24.8. The maximum absolute atomic E-state index is 13.0. The van der Waals surface area contributed by atoms with Crippen molar-refractivity contribution in [1.82, 2.24) is 0 Å². The maximum Gasteiger partial charge on any atom is 0.416 e. The van der Waals surface area contributed by atoms with Gasteiger partial charge in [-0.05, 0) is 64.3 Å². The molecule has 174 valence electrons. The summed E-state index contributed by atoms with van der Waals surface area (Å²) >= 11 is 3.33. The number of nitro benzene ring substituents is 1. The van der Waals surface area contributed by atoms with Crippen molar-refractivity contribution in [2.75, 3.05) is 6.61 Å². The summed E-state index contributed by atoms with van der Waals surface area (Å²) in [5.74, 6) is -0.160. The van der Waals surface area contributed by atoms with Crippen molar-refractivity contribution in [3.05, 3.63) is 91.9 Å². The van der Waals surface area contributed by atoms with Crippen LogP contribution < -0.4 is 9.47 Å². The van der Waals surface area contributed by atoms with E-state index in [0.717, 1.165) is 6.07 Å². The van der Waals surface area contributed by atoms with Crippen LogP contribution in [0.25, 0.3) is 11.6 Å². The Hall–Kier alpha value is -3.84. The van der Waals surface area contributed by atoms with Gasteiger partial charge in [0.2, 0.25) is 5.75 Å². The summed E-state index contributed by atoms with van der Waals surface area (Å²) in [6.07, 6.45) is -3.11. The second-order valence-corrected chi connectivity index (χ2v) is 7.69. The van der Waals surface area contributed by atoms with E-state index in [1.165, 1.54) is 0 Å². The van der Waals surface area contributed by atoms with Crippen molar-refractivity contribution in [2.24, 2.45) is 0 Å². The van der Waals surface area contributed by atoms with E-state index in [4.69, 9.17) is 9.47 Å². The molecule has 0 fully saturated rings. The number of allylic oxidation sites excluding steroid dienone is 1. The minimum absolute atomic E-state index is 0.0417. The summed E-state index contributed by atoms with van der Waals surface area (Å²) in [5, 5.41) is 21.0. The van der Waals surface area contributed by atoms with Gasteiger partial charge in [0.1, 0.15) is 0 Å². The molecule has 0 atom stereocenters. The Bertz CT molecular complexity index is 1290. The van der Waals surface area contributed by atoms with E-state index in [1.807, 2.05) is 6.07 Å². The lowest BCUT2D eigenvalue weighted by atomic mass is 10.0. The number of rotatable bonds is 7. The fraction of sp³-hybridized carbons (Fsp3) is 0.125. The third-order valence-electron chi connectivity index (χ3n) is 4.54. The van der Waals surface area contributed by atoms with Crippen LogP contribution in [0.2, 0.25) is 0 Å². The van der Waals surface area contributed by atoms with Gasteiger partial charge in [0.15, 0.2) is 11.5 Å². The van der Waals surface area contributed by atoms with Crippen LogP contribution in [0, 0.1) is 21.4 Å². The highest BCUT2D eigenvalue weighted by atomic mass is 79.9. The van der Waals surface area contributed by atoms with Crippen LogP contribution in [0.3, 0.4) is 0 Å². The number of hydrogen-bond acceptors (Lipinski definition) is 5. The molecule has 0 heterocycles. The molecule has 3 aromatic carbocycles. The lowest BCUT2D eigenvalue weighted by Crippen LogP contribution is -2.06. The summed E-state index contributed by atoms with van der Waals surface area (Å²) < 4.78 is 50.6. The maximum atomic E-state index is 13.0. The van der Waals surface area contributed by atoms with Crippen LogP contribution in [0.15, 0.2) is 65.1 Å². The van der Waals surface area contributed by atoms with Crippen molar-refractivity contribution in [3.63, 3.8) is 0 Å². The van der Waals surface area contributed by atoms with Crippen LogP contribution in [-0.2, 0) is 6.18 Å². The zero-order valence-corrected chi connectivity index (χ0v) is 19.2. The van der Waals surface area contributed by atoms with Crippen LogP contribution in [-0.4, -0.2) is 11.5 Å². The molecule has 0 aliphatic rings. The quantitative estimate of drug-likeness (QED) is 0.135. The number of hydrogen-bond donors (Lipinski definition) is 0. The monoisotopic (exact) mass is 532 g/mol. The second kappa shape index (κ2) is 10.4. The Morgan fingerprint density at radius 1 is 1.15 bits per heavy atom. The molecule has 0 aliphatic heterocycles. The molecule has 0 amide bonds. The Labute approximate surface area is 201 Å². The molecule has 6 nitrogen and oxygen atoms in total. The van der Waals surface area contributed by atoms with E-state index < -0.39 is 22.4 Å². The highest BCUT2D eigenvalue weighted by molar-refractivity contribution is 9.10. The Morgan fingerprint density at radius 2 is 1.85 bits per heavy atom. The van der Waals surface area contributed by atoms with Gasteiger partial charge < -0.3 is 9.47 Å². The molecule has 0 N–H and O–H groups in total. The van der Waals surface area contributed by atoms with Gasteiger partial charge in [-0.1, -0.05) is 30.3 Å². The number of nitriles is 1. The summed E-state index contributed by atoms with van der Waals surface area (Å²) in [6, 6.07) is 16.3. The molecule has 10 heteroatoms. The van der Waals surface area contributed by atoms with E-state index in [2.05, 4.69) is 22.0 Å². The first-order valence-corrected chi connectivity index (χ1v) is 10.6. The van der Waals surface area contributed by atoms with Crippen molar-refractivity contribution in [2.45, 2.75) is 13.1 Å². The fourth-order valence-electron chi connectivity index (χ4n) is 3.03. The normalized spacial score (nSPS) is 11.6. The zero-order chi connectivity index (χ0) is 24.9. The van der Waals surface area contributed by atoms with Crippen molar-refractivity contribution < 1.29 is 27.6 Å². The van der Waals surface area contributed by atoms with Crippen molar-refractivity contribution in [3.8, 4) is 23.3 Å². The molecular weight excluding hydrogens is 517 g/mol. The lowest BCUT2D eigenvalue weighted by Gasteiger charge is -2.15. The third-order valence-corrected chi connectivity index (χ3v) is 5.13. The second-order valence-electron chi connectivity index (χ2n) is 6.84. The predicted molar refractivity (Wildman–Crippen MR) is 123 cm³/mol. The molecule has 0 aliphatic carbocycles. The van der Waals surface area contributed by atoms with E-state index in [-0.39, 0.29) is 23.9 Å². The van der Waals surface area contributed by atoms with E-state index >= 15 is 0 Å². The third kappa shape index (κ3) is 5.74. The van der Waals surface area contributed by atoms with Crippen LogP contribution in [0.4, 0.5) is 18.9 Å².